The van der Waals surface area contributed by atoms with Crippen LogP contribution >= 0.6 is 34.9 Å². The third-order valence-corrected chi connectivity index (χ3v) is 7.71. The van der Waals surface area contributed by atoms with Crippen LogP contribution in [-0.4, -0.2) is 92.8 Å². The number of nitrogens with one attached hydrogen (secondary N) is 1. The molecule has 18 heteroatoms. The van der Waals surface area contributed by atoms with Crippen LogP contribution in [0.15, 0.2) is 21.8 Å². The first-order valence-electron chi connectivity index (χ1n) is 9.24. The van der Waals surface area contributed by atoms with Gasteiger partial charge >= 0.3 is 11.9 Å². The average molecular weight is 527 g/mol. The second kappa shape index (κ2) is 9.39. The molecule has 0 aromatic carbocycles. The van der Waals surface area contributed by atoms with Crippen molar-refractivity contribution in [3.05, 3.63) is 22.3 Å². The number of carbonyl (C=O) groups is 5. The first-order valence-corrected chi connectivity index (χ1v) is 12.2. The summed E-state index contributed by atoms with van der Waals surface area (Å²) in [5.74, 6) is -4.85. The third-order valence-electron chi connectivity index (χ3n) is 4.66. The van der Waals surface area contributed by atoms with Gasteiger partial charge in [-0.05, 0) is 16.0 Å². The molecular weight excluding hydrogens is 512 g/mol. The Morgan fingerprint density at radius 2 is 2.06 bits per heavy atom. The Morgan fingerprint density at radius 3 is 2.71 bits per heavy atom. The van der Waals surface area contributed by atoms with E-state index in [-0.39, 0.29) is 33.2 Å². The lowest BCUT2D eigenvalue weighted by Crippen LogP contribution is -2.71. The number of thioether (sulfide) groups is 2. The van der Waals surface area contributed by atoms with Crippen molar-refractivity contribution in [1.29, 1.82) is 0 Å². The monoisotopic (exact) mass is 526 g/mol. The summed E-state index contributed by atoms with van der Waals surface area (Å²) in [6.07, 6.45) is 0. The van der Waals surface area contributed by atoms with Crippen LogP contribution in [0.2, 0.25) is 0 Å². The van der Waals surface area contributed by atoms with Gasteiger partial charge in [-0.1, -0.05) is 11.8 Å². The fraction of sp³-hybridized carbons (Fsp3) is 0.312. The molecule has 0 bridgehead atoms. The number of nitrogens with two attached hydrogens (primary N) is 1. The number of aromatic nitrogens is 5. The van der Waals surface area contributed by atoms with Gasteiger partial charge in [0.2, 0.25) is 5.16 Å². The molecule has 1 unspecified atom stereocenters. The molecule has 0 radical (unpaired) electrons. The number of carboxylic acid groups (broad SMARTS) is 2. The van der Waals surface area contributed by atoms with Gasteiger partial charge in [-0.15, -0.1) is 28.2 Å². The molecule has 2 amide bonds. The minimum atomic E-state index is -1.34. The molecule has 5 N–H and O–H groups in total. The predicted octanol–water partition coefficient (Wildman–Crippen LogP) is -1.49. The van der Waals surface area contributed by atoms with Crippen LogP contribution in [0.25, 0.3) is 0 Å². The predicted molar refractivity (Wildman–Crippen MR) is 117 cm³/mol. The minimum Gasteiger partial charge on any atom is -0.480 e. The summed E-state index contributed by atoms with van der Waals surface area (Å²) in [5.41, 5.74) is 5.49. The number of carboxylic acids is 2. The lowest BCUT2D eigenvalue weighted by molar-refractivity contribution is -0.150. The van der Waals surface area contributed by atoms with Crippen molar-refractivity contribution in [3.8, 4) is 0 Å². The van der Waals surface area contributed by atoms with E-state index in [9.17, 15) is 29.1 Å². The molecule has 4 rings (SSSR count). The molecule has 2 aliphatic rings. The maximum Gasteiger partial charge on any atom is 0.352 e. The van der Waals surface area contributed by atoms with Crippen molar-refractivity contribution in [2.45, 2.75) is 23.1 Å². The van der Waals surface area contributed by atoms with Gasteiger partial charge in [-0.2, -0.15) is 0 Å². The van der Waals surface area contributed by atoms with E-state index in [2.05, 4.69) is 25.8 Å². The average Bonchev–Trinajstić information content (AvgIpc) is 3.42. The quantitative estimate of drug-likeness (QED) is 0.126. The van der Waals surface area contributed by atoms with Crippen molar-refractivity contribution in [1.82, 2.24) is 35.4 Å². The summed E-state index contributed by atoms with van der Waals surface area (Å²) in [6.45, 7) is -0.463. The van der Waals surface area contributed by atoms with E-state index in [0.29, 0.717) is 5.57 Å². The maximum absolute atomic E-state index is 12.7. The number of aliphatic carboxylic acids is 2. The highest BCUT2D eigenvalue weighted by Gasteiger charge is 2.54. The van der Waals surface area contributed by atoms with E-state index in [1.54, 1.807) is 0 Å². The highest BCUT2D eigenvalue weighted by Crippen LogP contribution is 2.41. The number of thiazole rings is 1. The first kappa shape index (κ1) is 23.6. The summed E-state index contributed by atoms with van der Waals surface area (Å²) in [7, 11) is 0. The van der Waals surface area contributed by atoms with Crippen molar-refractivity contribution in [2.75, 3.05) is 17.2 Å². The zero-order valence-electron chi connectivity index (χ0n) is 16.8. The summed E-state index contributed by atoms with van der Waals surface area (Å²) in [6, 6.07) is -1.08. The van der Waals surface area contributed by atoms with Gasteiger partial charge in [0, 0.05) is 16.9 Å². The van der Waals surface area contributed by atoms with Crippen LogP contribution in [0.3, 0.4) is 0 Å². The zero-order valence-corrected chi connectivity index (χ0v) is 19.2. The van der Waals surface area contributed by atoms with Gasteiger partial charge in [-0.25, -0.2) is 14.5 Å². The van der Waals surface area contributed by atoms with Crippen LogP contribution in [-0.2, 0) is 25.7 Å². The minimum absolute atomic E-state index is 0.0892. The fourth-order valence-electron chi connectivity index (χ4n) is 3.19. The van der Waals surface area contributed by atoms with Crippen LogP contribution in [0.5, 0.6) is 0 Å². The number of nitrogen functional groups attached to an aromatic ring is 1. The second-order valence-corrected chi connectivity index (χ2v) is 9.76. The van der Waals surface area contributed by atoms with E-state index in [1.807, 2.05) is 0 Å². The Morgan fingerprint density at radius 1 is 1.29 bits per heavy atom. The Bertz CT molecular complexity index is 1240. The number of amides is 2. The zero-order chi connectivity index (χ0) is 24.6. The van der Waals surface area contributed by atoms with Crippen molar-refractivity contribution < 1.29 is 34.2 Å². The number of rotatable bonds is 9. The van der Waals surface area contributed by atoms with Crippen molar-refractivity contribution in [3.63, 3.8) is 0 Å². The molecule has 0 aliphatic carbocycles. The number of tetrazole rings is 1. The largest absolute Gasteiger partial charge is 0.480 e. The summed E-state index contributed by atoms with van der Waals surface area (Å²) in [4.78, 5) is 64.8. The number of anilines is 1. The van der Waals surface area contributed by atoms with Crippen molar-refractivity contribution >= 4 is 69.5 Å². The molecular formula is C16H14N8O7S3. The molecule has 1 fully saturated rings. The first-order chi connectivity index (χ1) is 16.2. The third kappa shape index (κ3) is 4.46. The molecule has 4 heterocycles. The van der Waals surface area contributed by atoms with Gasteiger partial charge in [0.15, 0.2) is 5.13 Å². The highest BCUT2D eigenvalue weighted by molar-refractivity contribution is 8.01. The molecule has 1 saturated heterocycles. The smallest absolute Gasteiger partial charge is 0.352 e. The van der Waals surface area contributed by atoms with Gasteiger partial charge in [-0.3, -0.25) is 24.1 Å². The van der Waals surface area contributed by atoms with E-state index >= 15 is 0 Å². The fourth-order valence-corrected chi connectivity index (χ4v) is 6.09. The molecule has 0 saturated carbocycles. The molecule has 0 spiro atoms. The number of nitrogens with zero attached hydrogens (tertiary/aromatic N) is 6. The Kier molecular flexibility index (Phi) is 6.53. The second-order valence-electron chi connectivity index (χ2n) is 6.82. The number of carbonyl (C=O) groups excluding carboxylic acids is 3. The van der Waals surface area contributed by atoms with Crippen LogP contribution in [0.1, 0.15) is 10.5 Å². The van der Waals surface area contributed by atoms with Crippen molar-refractivity contribution in [2.24, 2.45) is 0 Å². The molecule has 34 heavy (non-hydrogen) atoms. The summed E-state index contributed by atoms with van der Waals surface area (Å²) >= 11 is 3.23. The van der Waals surface area contributed by atoms with E-state index in [0.717, 1.165) is 32.7 Å². The number of β-lactam (4-membered cyclic amide) rings is 1. The lowest BCUT2D eigenvalue weighted by Gasteiger charge is -2.49. The molecule has 15 nitrogen and oxygen atoms in total. The Labute approximate surface area is 201 Å². The topological polar surface area (TPSA) is 224 Å². The number of Topliss-reactive ketones (excluding diaryl/α,β-unsaturated/α-hetero) is 1. The van der Waals surface area contributed by atoms with E-state index in [1.165, 1.54) is 17.1 Å². The SMILES string of the molecule is Nc1nc(C(=O)C(=O)NC2C(=O)N3C(C(=O)O)=C(CSc4nnnn4CC(=O)O)CS[C@@H]23)cs1. The number of fused-ring (bicyclic) bond motifs is 1. The Hall–Kier alpha value is -3.51. The normalized spacial score (nSPS) is 19.4. The maximum atomic E-state index is 12.7. The van der Waals surface area contributed by atoms with Gasteiger partial charge < -0.3 is 21.3 Å². The van der Waals surface area contributed by atoms with E-state index in [4.69, 9.17) is 10.8 Å². The number of ketones is 1. The lowest BCUT2D eigenvalue weighted by atomic mass is 10.0. The molecule has 2 aromatic heterocycles. The number of hydrogen-bond donors (Lipinski definition) is 4. The summed E-state index contributed by atoms with van der Waals surface area (Å²) < 4.78 is 1.06. The highest BCUT2D eigenvalue weighted by atomic mass is 32.2. The standard InChI is InChI=1S/C16H14N8O7S3/c17-15-18-6(4-33-15)10(27)11(28)19-8-12(29)24-9(14(30)31)5(2-32-13(8)24)3-34-16-20-21-22-23(16)1-7(25)26/h4,8,13H,1-3H2,(H2,17,18)(H,19,28)(H,25,26)(H,30,31)/t8?,13-/m0/s1. The number of hydrogen-bond acceptors (Lipinski definition) is 13. The van der Waals surface area contributed by atoms with Gasteiger partial charge in [0.1, 0.15) is 29.4 Å². The van der Waals surface area contributed by atoms with Crippen LogP contribution in [0, 0.1) is 0 Å². The molecule has 178 valence electrons. The van der Waals surface area contributed by atoms with Crippen LogP contribution < -0.4 is 11.1 Å². The van der Waals surface area contributed by atoms with Gasteiger partial charge in [0.05, 0.1) is 0 Å². The molecule has 2 aromatic rings. The summed E-state index contributed by atoms with van der Waals surface area (Å²) in [5, 5.41) is 32.6. The molecule has 2 atom stereocenters. The Balaban J connectivity index is 1.45. The van der Waals surface area contributed by atoms with Gasteiger partial charge in [0.25, 0.3) is 17.6 Å². The molecule has 2 aliphatic heterocycles. The van der Waals surface area contributed by atoms with Crippen LogP contribution in [0.4, 0.5) is 5.13 Å². The van der Waals surface area contributed by atoms with E-state index < -0.39 is 47.5 Å².